The molecule has 0 fully saturated rings. The van der Waals surface area contributed by atoms with Gasteiger partial charge in [0.1, 0.15) is 11.6 Å². The van der Waals surface area contributed by atoms with Crippen molar-refractivity contribution in [2.24, 2.45) is 5.92 Å². The maximum Gasteiger partial charge on any atom is 0.255 e. The Kier molecular flexibility index (Phi) is 7.12. The number of amides is 1. The Morgan fingerprint density at radius 2 is 2.10 bits per heavy atom. The first-order chi connectivity index (χ1) is 9.97. The van der Waals surface area contributed by atoms with Crippen LogP contribution in [0.2, 0.25) is 0 Å². The first-order valence-corrected chi connectivity index (χ1v) is 7.68. The molecule has 4 nitrogen and oxygen atoms in total. The van der Waals surface area contributed by atoms with Crippen molar-refractivity contribution in [3.8, 4) is 0 Å². The fourth-order valence-corrected chi connectivity index (χ4v) is 2.13. The van der Waals surface area contributed by atoms with Crippen LogP contribution >= 0.6 is 0 Å². The van der Waals surface area contributed by atoms with Gasteiger partial charge in [0.05, 0.1) is 11.8 Å². The predicted molar refractivity (Wildman–Crippen MR) is 84.0 cm³/mol. The number of anilines is 1. The van der Waals surface area contributed by atoms with Gasteiger partial charge in [-0.1, -0.05) is 27.2 Å². The number of carbonyl (C=O) groups excluding carboxylic acids is 1. The van der Waals surface area contributed by atoms with Crippen LogP contribution in [0.4, 0.5) is 10.2 Å². The Morgan fingerprint density at radius 1 is 1.38 bits per heavy atom. The molecule has 0 saturated carbocycles. The highest BCUT2D eigenvalue weighted by atomic mass is 19.1. The third-order valence-corrected chi connectivity index (χ3v) is 3.47. The summed E-state index contributed by atoms with van der Waals surface area (Å²) in [6.07, 6.45) is 4.01. The average molecular weight is 295 g/mol. The van der Waals surface area contributed by atoms with Crippen LogP contribution in [-0.4, -0.2) is 23.5 Å². The summed E-state index contributed by atoms with van der Waals surface area (Å²) in [7, 11) is 0. The van der Waals surface area contributed by atoms with Crippen molar-refractivity contribution in [1.82, 2.24) is 10.3 Å². The van der Waals surface area contributed by atoms with Crippen LogP contribution in [0.5, 0.6) is 0 Å². The second-order valence-corrected chi connectivity index (χ2v) is 5.60. The van der Waals surface area contributed by atoms with Gasteiger partial charge >= 0.3 is 0 Å². The van der Waals surface area contributed by atoms with E-state index in [1.807, 2.05) is 13.8 Å². The highest BCUT2D eigenvalue weighted by Crippen LogP contribution is 2.15. The van der Waals surface area contributed by atoms with Crippen molar-refractivity contribution in [3.63, 3.8) is 0 Å². The second kappa shape index (κ2) is 8.60. The first kappa shape index (κ1) is 17.4. The van der Waals surface area contributed by atoms with E-state index in [1.165, 1.54) is 6.07 Å². The molecule has 1 aromatic rings. The zero-order valence-electron chi connectivity index (χ0n) is 13.4. The van der Waals surface area contributed by atoms with E-state index in [2.05, 4.69) is 29.5 Å². The summed E-state index contributed by atoms with van der Waals surface area (Å²) in [6.45, 7) is 8.96. The van der Waals surface area contributed by atoms with Gasteiger partial charge in [0, 0.05) is 12.6 Å². The first-order valence-electron chi connectivity index (χ1n) is 7.68. The Balaban J connectivity index is 2.78. The molecule has 1 amide bonds. The van der Waals surface area contributed by atoms with Crippen LogP contribution in [0.3, 0.4) is 0 Å². The lowest BCUT2D eigenvalue weighted by Crippen LogP contribution is -2.34. The van der Waals surface area contributed by atoms with E-state index in [-0.39, 0.29) is 17.5 Å². The predicted octanol–water partition coefficient (Wildman–Crippen LogP) is 3.60. The molecule has 0 radical (unpaired) electrons. The van der Waals surface area contributed by atoms with Crippen molar-refractivity contribution < 1.29 is 9.18 Å². The summed E-state index contributed by atoms with van der Waals surface area (Å²) in [5.74, 6) is 0.197. The average Bonchev–Trinajstić information content (AvgIpc) is 2.45. The van der Waals surface area contributed by atoms with Crippen molar-refractivity contribution in [3.05, 3.63) is 23.6 Å². The maximum absolute atomic E-state index is 13.4. The van der Waals surface area contributed by atoms with Gasteiger partial charge in [-0.15, -0.1) is 0 Å². The van der Waals surface area contributed by atoms with Crippen LogP contribution in [-0.2, 0) is 0 Å². The lowest BCUT2D eigenvalue weighted by atomic mass is 10.0. The quantitative estimate of drug-likeness (QED) is 0.770. The van der Waals surface area contributed by atoms with Gasteiger partial charge in [0.2, 0.25) is 0 Å². The number of nitrogens with zero attached hydrogens (tertiary/aromatic N) is 1. The van der Waals surface area contributed by atoms with E-state index in [9.17, 15) is 9.18 Å². The van der Waals surface area contributed by atoms with Crippen LogP contribution in [0, 0.1) is 11.7 Å². The fraction of sp³-hybridized carbons (Fsp3) is 0.625. The third-order valence-electron chi connectivity index (χ3n) is 3.47. The molecule has 0 saturated heterocycles. The van der Waals surface area contributed by atoms with Crippen LogP contribution in [0.15, 0.2) is 12.3 Å². The molecule has 21 heavy (non-hydrogen) atoms. The summed E-state index contributed by atoms with van der Waals surface area (Å²) >= 11 is 0. The summed E-state index contributed by atoms with van der Waals surface area (Å²) in [5.41, 5.74) is 0.263. The molecular formula is C16H26FN3O. The molecule has 1 rings (SSSR count). The number of aromatic nitrogens is 1. The summed E-state index contributed by atoms with van der Waals surface area (Å²) in [6, 6.07) is 1.28. The van der Waals surface area contributed by atoms with E-state index >= 15 is 0 Å². The number of nitrogens with one attached hydrogen (secondary N) is 2. The lowest BCUT2D eigenvalue weighted by molar-refractivity contribution is 0.0935. The largest absolute Gasteiger partial charge is 0.369 e. The minimum atomic E-state index is -0.503. The molecule has 2 N–H and O–H groups in total. The number of hydrogen-bond acceptors (Lipinski definition) is 3. The van der Waals surface area contributed by atoms with Crippen molar-refractivity contribution in [2.45, 2.75) is 53.0 Å². The molecule has 2 unspecified atom stereocenters. The van der Waals surface area contributed by atoms with Gasteiger partial charge in [0.15, 0.2) is 0 Å². The van der Waals surface area contributed by atoms with Crippen LogP contribution < -0.4 is 10.6 Å². The molecule has 1 aromatic heterocycles. The van der Waals surface area contributed by atoms with Gasteiger partial charge in [-0.3, -0.25) is 4.79 Å². The van der Waals surface area contributed by atoms with Crippen molar-refractivity contribution >= 4 is 11.7 Å². The van der Waals surface area contributed by atoms with E-state index < -0.39 is 5.82 Å². The Bertz CT molecular complexity index is 465. The zero-order chi connectivity index (χ0) is 15.8. The minimum absolute atomic E-state index is 0.0507. The number of carbonyl (C=O) groups is 1. The highest BCUT2D eigenvalue weighted by molar-refractivity contribution is 5.98. The van der Waals surface area contributed by atoms with E-state index in [1.54, 1.807) is 0 Å². The van der Waals surface area contributed by atoms with E-state index in [0.717, 1.165) is 25.5 Å². The van der Waals surface area contributed by atoms with Gasteiger partial charge in [0.25, 0.3) is 5.91 Å². The van der Waals surface area contributed by atoms with E-state index in [4.69, 9.17) is 0 Å². The molecule has 1 heterocycles. The fourth-order valence-electron chi connectivity index (χ4n) is 2.13. The number of halogens is 1. The van der Waals surface area contributed by atoms with Crippen LogP contribution in [0.1, 0.15) is 57.3 Å². The van der Waals surface area contributed by atoms with Gasteiger partial charge < -0.3 is 10.6 Å². The zero-order valence-corrected chi connectivity index (χ0v) is 13.4. The third kappa shape index (κ3) is 5.69. The maximum atomic E-state index is 13.4. The summed E-state index contributed by atoms with van der Waals surface area (Å²) < 4.78 is 13.4. The van der Waals surface area contributed by atoms with Crippen molar-refractivity contribution in [2.75, 3.05) is 11.9 Å². The second-order valence-electron chi connectivity index (χ2n) is 5.60. The standard InChI is InChI=1S/C16H26FN3O/c1-5-7-18-15-14(9-13(17)10-19-15)16(21)20-12(4)8-11(3)6-2/h9-12H,5-8H2,1-4H3,(H,18,19)(H,20,21). The number of hydrogen-bond donors (Lipinski definition) is 2. The highest BCUT2D eigenvalue weighted by Gasteiger charge is 2.17. The monoisotopic (exact) mass is 295 g/mol. The van der Waals surface area contributed by atoms with E-state index in [0.29, 0.717) is 18.3 Å². The molecular weight excluding hydrogens is 269 g/mol. The Morgan fingerprint density at radius 3 is 2.71 bits per heavy atom. The Hall–Kier alpha value is -1.65. The van der Waals surface area contributed by atoms with Gasteiger partial charge in [-0.05, 0) is 31.7 Å². The molecule has 5 heteroatoms. The van der Waals surface area contributed by atoms with Crippen LogP contribution in [0.25, 0.3) is 0 Å². The molecule has 118 valence electrons. The van der Waals surface area contributed by atoms with Crippen molar-refractivity contribution in [1.29, 1.82) is 0 Å². The normalized spacial score (nSPS) is 13.6. The SMILES string of the molecule is CCCNc1ncc(F)cc1C(=O)NC(C)CC(C)CC. The molecule has 2 atom stereocenters. The molecule has 0 aliphatic heterocycles. The molecule has 0 bridgehead atoms. The number of pyridine rings is 1. The lowest BCUT2D eigenvalue weighted by Gasteiger charge is -2.18. The summed E-state index contributed by atoms with van der Waals surface area (Å²) in [4.78, 5) is 16.3. The molecule has 0 aliphatic rings. The molecule has 0 aromatic carbocycles. The topological polar surface area (TPSA) is 54.0 Å². The summed E-state index contributed by atoms with van der Waals surface area (Å²) in [5, 5.41) is 5.98. The smallest absolute Gasteiger partial charge is 0.255 e. The Labute approximate surface area is 126 Å². The molecule has 0 spiro atoms. The van der Waals surface area contributed by atoms with Gasteiger partial charge in [-0.2, -0.15) is 0 Å². The number of rotatable bonds is 8. The van der Waals surface area contributed by atoms with Gasteiger partial charge in [-0.25, -0.2) is 9.37 Å². The molecule has 0 aliphatic carbocycles. The minimum Gasteiger partial charge on any atom is -0.369 e.